The molecule has 0 unspecified atom stereocenters. The maximum absolute atomic E-state index is 2.29. The number of hydrogen-bond acceptors (Lipinski definition) is 0. The Bertz CT molecular complexity index is 112. The molecule has 0 rings (SSSR count). The Hall–Kier alpha value is 1.46. The van der Waals surface area contributed by atoms with E-state index >= 15 is 0 Å². The van der Waals surface area contributed by atoms with Crippen molar-refractivity contribution in [3.05, 3.63) is 0 Å². The molecule has 2 heteroatoms. The van der Waals surface area contributed by atoms with Crippen LogP contribution in [0, 0.1) is 0 Å². The van der Waals surface area contributed by atoms with Gasteiger partial charge in [-0.3, -0.25) is 0 Å². The first kappa shape index (κ1) is 25.4. The molecule has 0 aliphatic rings. The lowest BCUT2D eigenvalue weighted by Gasteiger charge is -2.02. The highest BCUT2D eigenvalue weighted by molar-refractivity contribution is 14.0. The summed E-state index contributed by atoms with van der Waals surface area (Å²) in [6, 6.07) is 0. The van der Waals surface area contributed by atoms with Crippen LogP contribution >= 0.6 is 48.0 Å². The molecule has 0 saturated heterocycles. The minimum atomic E-state index is 0. The molecule has 0 aliphatic carbocycles. The van der Waals surface area contributed by atoms with Crippen LogP contribution in [0.2, 0.25) is 0 Å². The van der Waals surface area contributed by atoms with Crippen molar-refractivity contribution in [3.63, 3.8) is 0 Å². The molecule has 0 nitrogen and oxygen atoms in total. The lowest BCUT2D eigenvalue weighted by atomic mass is 10.0. The Morgan fingerprint density at radius 3 is 0.632 bits per heavy atom. The molecule has 0 spiro atoms. The van der Waals surface area contributed by atoms with Crippen LogP contribution in [0.1, 0.15) is 110 Å². The summed E-state index contributed by atoms with van der Waals surface area (Å²) in [5, 5.41) is 0. The minimum Gasteiger partial charge on any atom is -0.107 e. The average Bonchev–Trinajstić information content (AvgIpc) is 2.35. The Morgan fingerprint density at radius 1 is 0.316 bits per heavy atom. The molecule has 0 amide bonds. The quantitative estimate of drug-likeness (QED) is 0.168. The van der Waals surface area contributed by atoms with Gasteiger partial charge in [0, 0.05) is 0 Å². The van der Waals surface area contributed by atoms with Gasteiger partial charge in [-0.25, -0.2) is 0 Å². The van der Waals surface area contributed by atoms with Gasteiger partial charge in [0.1, 0.15) is 0 Å². The summed E-state index contributed by atoms with van der Waals surface area (Å²) in [6.07, 6.45) is 21.9. The number of hydrogen-bond donors (Lipinski definition) is 0. The zero-order valence-electron chi connectivity index (χ0n) is 13.4. The minimum absolute atomic E-state index is 0. The predicted octanol–water partition coefficient (Wildman–Crippen LogP) is 8.11. The van der Waals surface area contributed by atoms with Gasteiger partial charge in [-0.05, 0) is 0 Å². The Morgan fingerprint density at radius 2 is 0.474 bits per heavy atom. The fourth-order valence-electron chi connectivity index (χ4n) is 2.44. The first-order valence-corrected chi connectivity index (χ1v) is 8.41. The van der Waals surface area contributed by atoms with Crippen molar-refractivity contribution in [2.75, 3.05) is 0 Å². The molecule has 0 aliphatic heterocycles. The average molecular weight is 496 g/mol. The highest BCUT2D eigenvalue weighted by atomic mass is 127. The van der Waals surface area contributed by atoms with Gasteiger partial charge in [0.15, 0.2) is 0 Å². The van der Waals surface area contributed by atoms with E-state index in [-0.39, 0.29) is 48.0 Å². The number of rotatable bonds is 14. The van der Waals surface area contributed by atoms with Gasteiger partial charge in [-0.15, -0.1) is 48.0 Å². The van der Waals surface area contributed by atoms with Crippen LogP contribution in [0.5, 0.6) is 0 Å². The van der Waals surface area contributed by atoms with Crippen LogP contribution in [0.3, 0.4) is 0 Å². The van der Waals surface area contributed by atoms with Crippen LogP contribution in [-0.4, -0.2) is 0 Å². The predicted molar refractivity (Wildman–Crippen MR) is 111 cm³/mol. The molecule has 0 bridgehead atoms. The van der Waals surface area contributed by atoms with E-state index in [0.717, 1.165) is 0 Å². The van der Waals surface area contributed by atoms with E-state index in [2.05, 4.69) is 13.8 Å². The summed E-state index contributed by atoms with van der Waals surface area (Å²) in [5.41, 5.74) is 0. The third-order valence-corrected chi connectivity index (χ3v) is 3.71. The molecule has 0 aromatic rings. The molecule has 0 saturated carbocycles. The first-order valence-electron chi connectivity index (χ1n) is 8.41. The summed E-state index contributed by atoms with van der Waals surface area (Å²) in [7, 11) is 0. The Kier molecular flexibility index (Phi) is 32.7. The van der Waals surface area contributed by atoms with Crippen LogP contribution in [0.4, 0.5) is 0 Å². The van der Waals surface area contributed by atoms with Gasteiger partial charge in [-0.1, -0.05) is 110 Å². The van der Waals surface area contributed by atoms with E-state index in [9.17, 15) is 0 Å². The smallest absolute Gasteiger partial charge is 0.0533 e. The standard InChI is InChI=1S/C17H36.2HI/c1-3-5-7-9-11-13-15-17-16-14-12-10-8-6-4-2;;/h3-17H2,1-2H3;2*1H. The van der Waals surface area contributed by atoms with E-state index in [1.807, 2.05) is 0 Å². The van der Waals surface area contributed by atoms with E-state index < -0.39 is 0 Å². The molecule has 0 fully saturated rings. The van der Waals surface area contributed by atoms with Crippen molar-refractivity contribution < 1.29 is 0 Å². The van der Waals surface area contributed by atoms with E-state index in [1.54, 1.807) is 0 Å². The maximum atomic E-state index is 2.29. The molecule has 0 heterocycles. The second-order valence-electron chi connectivity index (χ2n) is 5.60. The van der Waals surface area contributed by atoms with Crippen LogP contribution in [0.25, 0.3) is 0 Å². The van der Waals surface area contributed by atoms with Gasteiger partial charge >= 0.3 is 0 Å². The Balaban J connectivity index is -0.00000128. The summed E-state index contributed by atoms with van der Waals surface area (Å²) in [5.74, 6) is 0. The molecule has 0 aromatic heterocycles. The third-order valence-electron chi connectivity index (χ3n) is 3.71. The molecule has 120 valence electrons. The lowest BCUT2D eigenvalue weighted by Crippen LogP contribution is -1.82. The van der Waals surface area contributed by atoms with E-state index in [0.29, 0.717) is 0 Å². The molecule has 19 heavy (non-hydrogen) atoms. The van der Waals surface area contributed by atoms with Gasteiger partial charge in [0.2, 0.25) is 0 Å². The highest BCUT2D eigenvalue weighted by Gasteiger charge is 1.93. The summed E-state index contributed by atoms with van der Waals surface area (Å²) >= 11 is 0. The molecule has 0 aromatic carbocycles. The fraction of sp³-hybridized carbons (Fsp3) is 1.00. The van der Waals surface area contributed by atoms with Crippen molar-refractivity contribution >= 4 is 48.0 Å². The molecular weight excluding hydrogens is 458 g/mol. The van der Waals surface area contributed by atoms with Gasteiger partial charge < -0.3 is 0 Å². The van der Waals surface area contributed by atoms with Gasteiger partial charge in [-0.2, -0.15) is 0 Å². The molecule has 0 atom stereocenters. The van der Waals surface area contributed by atoms with Crippen LogP contribution in [-0.2, 0) is 0 Å². The van der Waals surface area contributed by atoms with Crippen LogP contribution in [0.15, 0.2) is 0 Å². The molecule has 0 radical (unpaired) electrons. The van der Waals surface area contributed by atoms with Gasteiger partial charge in [0.05, 0.1) is 0 Å². The van der Waals surface area contributed by atoms with E-state index in [1.165, 1.54) is 96.3 Å². The summed E-state index contributed by atoms with van der Waals surface area (Å²) in [4.78, 5) is 0. The fourth-order valence-corrected chi connectivity index (χ4v) is 2.44. The number of halogens is 2. The topological polar surface area (TPSA) is 0 Å². The normalized spacial score (nSPS) is 9.79. The second kappa shape index (κ2) is 24.5. The SMILES string of the molecule is CCCCCCCCCCCCCCCCC.I.I. The van der Waals surface area contributed by atoms with Crippen molar-refractivity contribution in [1.82, 2.24) is 0 Å². The van der Waals surface area contributed by atoms with Crippen LogP contribution < -0.4 is 0 Å². The largest absolute Gasteiger partial charge is 0.107 e. The lowest BCUT2D eigenvalue weighted by molar-refractivity contribution is 0.534. The van der Waals surface area contributed by atoms with Crippen molar-refractivity contribution in [1.29, 1.82) is 0 Å². The van der Waals surface area contributed by atoms with Crippen molar-refractivity contribution in [2.45, 2.75) is 110 Å². The summed E-state index contributed by atoms with van der Waals surface area (Å²) < 4.78 is 0. The number of unbranched alkanes of at least 4 members (excludes halogenated alkanes) is 14. The third kappa shape index (κ3) is 24.8. The van der Waals surface area contributed by atoms with E-state index in [4.69, 9.17) is 0 Å². The monoisotopic (exact) mass is 496 g/mol. The van der Waals surface area contributed by atoms with Gasteiger partial charge in [0.25, 0.3) is 0 Å². The maximum Gasteiger partial charge on any atom is -0.0533 e. The second-order valence-corrected chi connectivity index (χ2v) is 5.60. The highest BCUT2D eigenvalue weighted by Crippen LogP contribution is 2.13. The zero-order valence-corrected chi connectivity index (χ0v) is 18.1. The van der Waals surface area contributed by atoms with Crippen molar-refractivity contribution in [2.24, 2.45) is 0 Å². The Labute approximate surface area is 157 Å². The molecular formula is C17H38I2. The first-order chi connectivity index (χ1) is 8.41. The van der Waals surface area contributed by atoms with Crippen molar-refractivity contribution in [3.8, 4) is 0 Å². The zero-order chi connectivity index (χ0) is 12.6. The molecule has 0 N–H and O–H groups in total. The summed E-state index contributed by atoms with van der Waals surface area (Å²) in [6.45, 7) is 4.58.